The van der Waals surface area contributed by atoms with Crippen molar-refractivity contribution < 1.29 is 0 Å². The molecule has 0 aliphatic carbocycles. The summed E-state index contributed by atoms with van der Waals surface area (Å²) < 4.78 is 1.97. The summed E-state index contributed by atoms with van der Waals surface area (Å²) in [6.07, 6.45) is 4.01. The molecule has 0 fully saturated rings. The highest BCUT2D eigenvalue weighted by Gasteiger charge is 2.04. The molecule has 0 aliphatic rings. The van der Waals surface area contributed by atoms with Crippen molar-refractivity contribution in [1.29, 1.82) is 5.26 Å². The van der Waals surface area contributed by atoms with Crippen LogP contribution in [0.2, 0.25) is 0 Å². The first-order valence-corrected chi connectivity index (χ1v) is 5.76. The fraction of sp³-hybridized carbons (Fsp3) is 0.0667. The Morgan fingerprint density at radius 1 is 1.11 bits per heavy atom. The molecule has 3 heteroatoms. The molecular weight excluding hydrogens is 222 g/mol. The Balaban J connectivity index is 2.16. The molecule has 1 aromatic heterocycles. The third-order valence-corrected chi connectivity index (χ3v) is 2.94. The van der Waals surface area contributed by atoms with Gasteiger partial charge < -0.3 is 4.57 Å². The van der Waals surface area contributed by atoms with Crippen molar-refractivity contribution in [3.8, 4) is 11.8 Å². The maximum absolute atomic E-state index is 8.67. The van der Waals surface area contributed by atoms with Crippen LogP contribution in [0.5, 0.6) is 0 Å². The summed E-state index contributed by atoms with van der Waals surface area (Å²) in [5, 5.41) is 11.1. The van der Waals surface area contributed by atoms with Crippen molar-refractivity contribution in [3.63, 3.8) is 0 Å². The molecule has 0 unspecified atom stereocenters. The van der Waals surface area contributed by atoms with Gasteiger partial charge in [0.15, 0.2) is 0 Å². The minimum absolute atomic E-state index is 0.345. The van der Waals surface area contributed by atoms with Gasteiger partial charge in [-0.1, -0.05) is 36.4 Å². The van der Waals surface area contributed by atoms with Crippen LogP contribution in [0.25, 0.3) is 16.5 Å². The Bertz CT molecular complexity index is 729. The molecular formula is C15H11N3. The van der Waals surface area contributed by atoms with Crippen LogP contribution in [-0.4, -0.2) is 9.55 Å². The number of hydrogen-bond donors (Lipinski definition) is 0. The lowest BCUT2D eigenvalue weighted by Crippen LogP contribution is -1.91. The highest BCUT2D eigenvalue weighted by Crippen LogP contribution is 2.22. The first-order chi connectivity index (χ1) is 8.88. The quantitative estimate of drug-likeness (QED) is 0.682. The van der Waals surface area contributed by atoms with Gasteiger partial charge >= 0.3 is 0 Å². The first-order valence-electron chi connectivity index (χ1n) is 5.76. The Kier molecular flexibility index (Phi) is 2.54. The van der Waals surface area contributed by atoms with Gasteiger partial charge in [0.25, 0.3) is 0 Å². The molecule has 2 aromatic carbocycles. The van der Waals surface area contributed by atoms with Gasteiger partial charge in [-0.15, -0.1) is 0 Å². The first kappa shape index (κ1) is 10.5. The Morgan fingerprint density at radius 3 is 2.83 bits per heavy atom. The summed E-state index contributed by atoms with van der Waals surface area (Å²) in [6, 6.07) is 16.5. The lowest BCUT2D eigenvalue weighted by atomic mass is 10.1. The number of benzene rings is 2. The molecule has 3 rings (SSSR count). The number of nitrogens with zero attached hydrogens (tertiary/aromatic N) is 3. The molecule has 0 saturated heterocycles. The van der Waals surface area contributed by atoms with E-state index in [0.717, 1.165) is 11.4 Å². The van der Waals surface area contributed by atoms with Gasteiger partial charge in [-0.25, -0.2) is 4.98 Å². The summed E-state index contributed by atoms with van der Waals surface area (Å²) in [7, 11) is 0. The van der Waals surface area contributed by atoms with E-state index >= 15 is 0 Å². The zero-order valence-electron chi connectivity index (χ0n) is 9.74. The largest absolute Gasteiger partial charge is 0.305 e. The number of rotatable bonds is 2. The second kappa shape index (κ2) is 4.34. The topological polar surface area (TPSA) is 41.6 Å². The molecule has 3 aromatic rings. The molecule has 0 N–H and O–H groups in total. The lowest BCUT2D eigenvalue weighted by Gasteiger charge is -2.06. The molecule has 0 spiro atoms. The number of hydrogen-bond acceptors (Lipinski definition) is 2. The van der Waals surface area contributed by atoms with Gasteiger partial charge in [-0.05, 0) is 11.5 Å². The van der Waals surface area contributed by atoms with Gasteiger partial charge in [-0.3, -0.25) is 0 Å². The van der Waals surface area contributed by atoms with Crippen LogP contribution in [-0.2, 0) is 6.42 Å². The van der Waals surface area contributed by atoms with Gasteiger partial charge in [0.05, 0.1) is 30.2 Å². The molecule has 0 bridgehead atoms. The van der Waals surface area contributed by atoms with Crippen molar-refractivity contribution in [2.45, 2.75) is 6.42 Å². The SMILES string of the molecule is N#CCc1cn(-c2cccc3ccccc23)cn1. The number of fused-ring (bicyclic) bond motifs is 1. The van der Waals surface area contributed by atoms with E-state index in [1.807, 2.05) is 29.0 Å². The minimum Gasteiger partial charge on any atom is -0.305 e. The Labute approximate surface area is 105 Å². The van der Waals surface area contributed by atoms with Crippen LogP contribution < -0.4 is 0 Å². The Morgan fingerprint density at radius 2 is 1.94 bits per heavy atom. The van der Waals surface area contributed by atoms with Crippen LogP contribution in [0.15, 0.2) is 55.0 Å². The fourth-order valence-corrected chi connectivity index (χ4v) is 2.10. The van der Waals surface area contributed by atoms with Crippen molar-refractivity contribution >= 4 is 10.8 Å². The summed E-state index contributed by atoms with van der Waals surface area (Å²) >= 11 is 0. The molecule has 1 heterocycles. The van der Waals surface area contributed by atoms with E-state index in [1.54, 1.807) is 6.33 Å². The van der Waals surface area contributed by atoms with Gasteiger partial charge in [-0.2, -0.15) is 5.26 Å². The van der Waals surface area contributed by atoms with E-state index in [4.69, 9.17) is 5.26 Å². The normalized spacial score (nSPS) is 10.4. The third kappa shape index (κ3) is 1.74. The molecule has 18 heavy (non-hydrogen) atoms. The Hall–Kier alpha value is -2.60. The highest BCUT2D eigenvalue weighted by atomic mass is 15.0. The summed E-state index contributed by atoms with van der Waals surface area (Å²) in [5.41, 5.74) is 1.88. The predicted octanol–water partition coefficient (Wildman–Crippen LogP) is 3.09. The minimum atomic E-state index is 0.345. The zero-order valence-corrected chi connectivity index (χ0v) is 9.74. The maximum Gasteiger partial charge on any atom is 0.0995 e. The molecule has 3 nitrogen and oxygen atoms in total. The summed E-state index contributed by atoms with van der Waals surface area (Å²) in [4.78, 5) is 4.23. The van der Waals surface area contributed by atoms with E-state index in [9.17, 15) is 0 Å². The van der Waals surface area contributed by atoms with E-state index < -0.39 is 0 Å². The molecule has 86 valence electrons. The van der Waals surface area contributed by atoms with Crippen molar-refractivity contribution in [3.05, 3.63) is 60.7 Å². The van der Waals surface area contributed by atoms with E-state index in [1.165, 1.54) is 10.8 Å². The van der Waals surface area contributed by atoms with Crippen LogP contribution in [0.1, 0.15) is 5.69 Å². The zero-order chi connectivity index (χ0) is 12.4. The van der Waals surface area contributed by atoms with Gasteiger partial charge in [0.2, 0.25) is 0 Å². The van der Waals surface area contributed by atoms with E-state index in [0.29, 0.717) is 6.42 Å². The number of imidazole rings is 1. The van der Waals surface area contributed by atoms with Crippen molar-refractivity contribution in [2.75, 3.05) is 0 Å². The smallest absolute Gasteiger partial charge is 0.0995 e. The molecule has 0 aliphatic heterocycles. The number of aromatic nitrogens is 2. The fourth-order valence-electron chi connectivity index (χ4n) is 2.10. The van der Waals surface area contributed by atoms with Crippen molar-refractivity contribution in [2.24, 2.45) is 0 Å². The van der Waals surface area contributed by atoms with Crippen LogP contribution >= 0.6 is 0 Å². The summed E-state index contributed by atoms with van der Waals surface area (Å²) in [5.74, 6) is 0. The highest BCUT2D eigenvalue weighted by molar-refractivity contribution is 5.90. The van der Waals surface area contributed by atoms with Crippen LogP contribution in [0, 0.1) is 11.3 Å². The van der Waals surface area contributed by atoms with Crippen molar-refractivity contribution in [1.82, 2.24) is 9.55 Å². The van der Waals surface area contributed by atoms with Gasteiger partial charge in [0.1, 0.15) is 0 Å². The summed E-state index contributed by atoms with van der Waals surface area (Å²) in [6.45, 7) is 0. The lowest BCUT2D eigenvalue weighted by molar-refractivity contribution is 1.07. The average molecular weight is 233 g/mol. The van der Waals surface area contributed by atoms with E-state index in [-0.39, 0.29) is 0 Å². The predicted molar refractivity (Wildman–Crippen MR) is 70.4 cm³/mol. The van der Waals surface area contributed by atoms with E-state index in [2.05, 4.69) is 35.3 Å². The monoisotopic (exact) mass is 233 g/mol. The molecule has 0 amide bonds. The molecule has 0 atom stereocenters. The molecule has 0 saturated carbocycles. The maximum atomic E-state index is 8.67. The molecule has 0 radical (unpaired) electrons. The van der Waals surface area contributed by atoms with Crippen LogP contribution in [0.4, 0.5) is 0 Å². The van der Waals surface area contributed by atoms with Crippen LogP contribution in [0.3, 0.4) is 0 Å². The number of nitriles is 1. The average Bonchev–Trinajstić information content (AvgIpc) is 2.87. The second-order valence-electron chi connectivity index (χ2n) is 4.11. The van der Waals surface area contributed by atoms with Gasteiger partial charge in [0, 0.05) is 11.6 Å². The second-order valence-corrected chi connectivity index (χ2v) is 4.11. The third-order valence-electron chi connectivity index (χ3n) is 2.94. The standard InChI is InChI=1S/C15H11N3/c16-9-8-13-10-18(11-17-13)15-7-3-5-12-4-1-2-6-14(12)15/h1-7,10-11H,8H2.